The van der Waals surface area contributed by atoms with E-state index in [9.17, 15) is 0 Å². The van der Waals surface area contributed by atoms with Crippen LogP contribution in [0, 0.1) is 0 Å². The Morgan fingerprint density at radius 3 is 2.89 bits per heavy atom. The van der Waals surface area contributed by atoms with Crippen molar-refractivity contribution in [3.63, 3.8) is 0 Å². The molecular weight excluding hydrogens is 224 g/mol. The lowest BCUT2D eigenvalue weighted by atomic mass is 10.0. The number of aryl methyl sites for hydroxylation is 2. The minimum Gasteiger partial charge on any atom is -0.338 e. The third kappa shape index (κ3) is 3.40. The van der Waals surface area contributed by atoms with Gasteiger partial charge < -0.3 is 9.88 Å². The number of aromatic nitrogens is 3. The SMILES string of the molecule is CNC(CCc1cccnc1)Cc1nccn1C. The van der Waals surface area contributed by atoms with Gasteiger partial charge in [0.15, 0.2) is 0 Å². The molecule has 0 radical (unpaired) electrons. The van der Waals surface area contributed by atoms with Crippen LogP contribution in [0.2, 0.25) is 0 Å². The van der Waals surface area contributed by atoms with Crippen molar-refractivity contribution in [3.8, 4) is 0 Å². The van der Waals surface area contributed by atoms with Crippen LogP contribution in [0.5, 0.6) is 0 Å². The lowest BCUT2D eigenvalue weighted by molar-refractivity contribution is 0.502. The Morgan fingerprint density at radius 1 is 1.39 bits per heavy atom. The standard InChI is InChI=1S/C14H20N4/c1-15-13(10-14-17-8-9-18(14)2)6-5-12-4-3-7-16-11-12/h3-4,7-9,11,13,15H,5-6,10H2,1-2H3. The van der Waals surface area contributed by atoms with Crippen molar-refractivity contribution in [3.05, 3.63) is 48.3 Å². The maximum Gasteiger partial charge on any atom is 0.109 e. The van der Waals surface area contributed by atoms with Crippen LogP contribution in [0.4, 0.5) is 0 Å². The van der Waals surface area contributed by atoms with E-state index in [1.165, 1.54) is 5.56 Å². The van der Waals surface area contributed by atoms with E-state index in [1.54, 1.807) is 0 Å². The zero-order valence-electron chi connectivity index (χ0n) is 11.0. The van der Waals surface area contributed by atoms with Crippen LogP contribution in [-0.4, -0.2) is 27.6 Å². The molecule has 0 spiro atoms. The molecule has 0 fully saturated rings. The first kappa shape index (κ1) is 12.8. The van der Waals surface area contributed by atoms with Gasteiger partial charge in [0.1, 0.15) is 5.82 Å². The van der Waals surface area contributed by atoms with E-state index in [1.807, 2.05) is 44.9 Å². The number of hydrogen-bond acceptors (Lipinski definition) is 3. The molecule has 2 heterocycles. The van der Waals surface area contributed by atoms with Gasteiger partial charge in [-0.15, -0.1) is 0 Å². The van der Waals surface area contributed by atoms with Crippen molar-refractivity contribution < 1.29 is 0 Å². The quantitative estimate of drug-likeness (QED) is 0.839. The number of rotatable bonds is 6. The number of imidazole rings is 1. The number of hydrogen-bond donors (Lipinski definition) is 1. The Morgan fingerprint density at radius 2 is 2.28 bits per heavy atom. The highest BCUT2D eigenvalue weighted by Crippen LogP contribution is 2.07. The minimum absolute atomic E-state index is 0.450. The maximum atomic E-state index is 4.37. The van der Waals surface area contributed by atoms with E-state index in [4.69, 9.17) is 0 Å². The third-order valence-electron chi connectivity index (χ3n) is 3.26. The Kier molecular flexibility index (Phi) is 4.47. The van der Waals surface area contributed by atoms with Crippen LogP contribution in [-0.2, 0) is 19.9 Å². The molecule has 2 aromatic rings. The van der Waals surface area contributed by atoms with E-state index in [-0.39, 0.29) is 0 Å². The molecule has 0 aliphatic rings. The molecule has 0 aliphatic carbocycles. The summed E-state index contributed by atoms with van der Waals surface area (Å²) in [7, 11) is 4.05. The number of pyridine rings is 1. The summed E-state index contributed by atoms with van der Waals surface area (Å²) in [6.07, 6.45) is 10.7. The average molecular weight is 244 g/mol. The van der Waals surface area contributed by atoms with E-state index >= 15 is 0 Å². The second-order valence-electron chi connectivity index (χ2n) is 4.54. The Bertz CT molecular complexity index is 464. The molecule has 0 bridgehead atoms. The van der Waals surface area contributed by atoms with Crippen LogP contribution in [0.1, 0.15) is 17.8 Å². The molecule has 1 atom stereocenters. The van der Waals surface area contributed by atoms with Crippen molar-refractivity contribution in [2.45, 2.75) is 25.3 Å². The minimum atomic E-state index is 0.450. The first-order valence-electron chi connectivity index (χ1n) is 6.32. The molecule has 0 saturated carbocycles. The highest BCUT2D eigenvalue weighted by Gasteiger charge is 2.10. The Labute approximate surface area is 108 Å². The van der Waals surface area contributed by atoms with Crippen molar-refractivity contribution in [2.24, 2.45) is 7.05 Å². The summed E-state index contributed by atoms with van der Waals surface area (Å²) in [5, 5.41) is 3.36. The van der Waals surface area contributed by atoms with Crippen molar-refractivity contribution >= 4 is 0 Å². The average Bonchev–Trinajstić information content (AvgIpc) is 2.81. The topological polar surface area (TPSA) is 42.7 Å². The lowest BCUT2D eigenvalue weighted by Gasteiger charge is -2.15. The predicted molar refractivity (Wildman–Crippen MR) is 72.3 cm³/mol. The smallest absolute Gasteiger partial charge is 0.109 e. The van der Waals surface area contributed by atoms with E-state index in [0.29, 0.717) is 6.04 Å². The molecule has 96 valence electrons. The van der Waals surface area contributed by atoms with Crippen molar-refractivity contribution in [1.29, 1.82) is 0 Å². The van der Waals surface area contributed by atoms with E-state index in [0.717, 1.165) is 25.1 Å². The number of nitrogens with zero attached hydrogens (tertiary/aromatic N) is 3. The van der Waals surface area contributed by atoms with Gasteiger partial charge in [-0.1, -0.05) is 6.07 Å². The van der Waals surface area contributed by atoms with Crippen LogP contribution in [0.25, 0.3) is 0 Å². The summed E-state index contributed by atoms with van der Waals surface area (Å²) < 4.78 is 2.08. The molecule has 4 nitrogen and oxygen atoms in total. The van der Waals surface area contributed by atoms with Gasteiger partial charge in [-0.2, -0.15) is 0 Å². The summed E-state index contributed by atoms with van der Waals surface area (Å²) in [6, 6.07) is 4.56. The van der Waals surface area contributed by atoms with Gasteiger partial charge in [0, 0.05) is 44.3 Å². The fraction of sp³-hybridized carbons (Fsp3) is 0.429. The number of likely N-dealkylation sites (N-methyl/N-ethyl adjacent to an activating group) is 1. The maximum absolute atomic E-state index is 4.37. The summed E-state index contributed by atoms with van der Waals surface area (Å²) in [5.41, 5.74) is 1.29. The molecule has 0 aromatic carbocycles. The highest BCUT2D eigenvalue weighted by atomic mass is 15.0. The van der Waals surface area contributed by atoms with Crippen LogP contribution in [0.15, 0.2) is 36.9 Å². The second kappa shape index (κ2) is 6.31. The Hall–Kier alpha value is -1.68. The highest BCUT2D eigenvalue weighted by molar-refractivity contribution is 5.09. The van der Waals surface area contributed by atoms with Crippen molar-refractivity contribution in [1.82, 2.24) is 19.9 Å². The molecule has 4 heteroatoms. The largest absolute Gasteiger partial charge is 0.338 e. The summed E-state index contributed by atoms with van der Waals surface area (Å²) in [6.45, 7) is 0. The zero-order chi connectivity index (χ0) is 12.8. The molecule has 0 aliphatic heterocycles. The fourth-order valence-corrected chi connectivity index (χ4v) is 2.05. The van der Waals surface area contributed by atoms with Crippen molar-refractivity contribution in [2.75, 3.05) is 7.05 Å². The molecular formula is C14H20N4. The monoisotopic (exact) mass is 244 g/mol. The summed E-state index contributed by atoms with van der Waals surface area (Å²) in [4.78, 5) is 8.51. The summed E-state index contributed by atoms with van der Waals surface area (Å²) >= 11 is 0. The third-order valence-corrected chi connectivity index (χ3v) is 3.26. The molecule has 2 aromatic heterocycles. The van der Waals surface area contributed by atoms with Gasteiger partial charge in [-0.05, 0) is 31.5 Å². The predicted octanol–water partition coefficient (Wildman–Crippen LogP) is 1.58. The van der Waals surface area contributed by atoms with E-state index in [2.05, 4.69) is 25.9 Å². The van der Waals surface area contributed by atoms with Crippen LogP contribution < -0.4 is 5.32 Å². The number of nitrogens with one attached hydrogen (secondary N) is 1. The molecule has 0 amide bonds. The molecule has 18 heavy (non-hydrogen) atoms. The van der Waals surface area contributed by atoms with Gasteiger partial charge in [0.25, 0.3) is 0 Å². The molecule has 2 rings (SSSR count). The lowest BCUT2D eigenvalue weighted by Crippen LogP contribution is -2.29. The van der Waals surface area contributed by atoms with Gasteiger partial charge in [0.05, 0.1) is 0 Å². The molecule has 1 unspecified atom stereocenters. The molecule has 1 N–H and O–H groups in total. The second-order valence-corrected chi connectivity index (χ2v) is 4.54. The van der Waals surface area contributed by atoms with Gasteiger partial charge in [-0.3, -0.25) is 4.98 Å². The normalized spacial score (nSPS) is 12.6. The Balaban J connectivity index is 1.88. The molecule has 0 saturated heterocycles. The zero-order valence-corrected chi connectivity index (χ0v) is 11.0. The van der Waals surface area contributed by atoms with Crippen LogP contribution in [0.3, 0.4) is 0 Å². The fourth-order valence-electron chi connectivity index (χ4n) is 2.05. The van der Waals surface area contributed by atoms with Crippen LogP contribution >= 0.6 is 0 Å². The van der Waals surface area contributed by atoms with Gasteiger partial charge in [-0.25, -0.2) is 4.98 Å². The first-order chi connectivity index (χ1) is 8.79. The first-order valence-corrected chi connectivity index (χ1v) is 6.32. The van der Waals surface area contributed by atoms with E-state index < -0.39 is 0 Å². The van der Waals surface area contributed by atoms with Gasteiger partial charge >= 0.3 is 0 Å². The van der Waals surface area contributed by atoms with Gasteiger partial charge in [0.2, 0.25) is 0 Å². The summed E-state index contributed by atoms with van der Waals surface area (Å²) in [5.74, 6) is 1.13.